The zero-order chi connectivity index (χ0) is 14.4. The van der Waals surface area contributed by atoms with Crippen molar-refractivity contribution in [2.75, 3.05) is 12.3 Å². The van der Waals surface area contributed by atoms with Gasteiger partial charge in [-0.1, -0.05) is 36.4 Å². The van der Waals surface area contributed by atoms with Gasteiger partial charge in [0, 0.05) is 24.3 Å². The van der Waals surface area contributed by atoms with Gasteiger partial charge in [0.1, 0.15) is 5.82 Å². The van der Waals surface area contributed by atoms with Crippen LogP contribution in [0, 0.1) is 0 Å². The summed E-state index contributed by atoms with van der Waals surface area (Å²) in [5.41, 5.74) is 7.59. The number of aliphatic hydroxyl groups excluding tert-OH is 1. The van der Waals surface area contributed by atoms with E-state index in [1.54, 1.807) is 18.3 Å². The second-order valence-corrected chi connectivity index (χ2v) is 5.03. The lowest BCUT2D eigenvalue weighted by Gasteiger charge is -2.17. The van der Waals surface area contributed by atoms with Crippen molar-refractivity contribution in [1.82, 2.24) is 10.3 Å². The van der Waals surface area contributed by atoms with Crippen molar-refractivity contribution in [3.05, 3.63) is 59.8 Å². The molecule has 0 amide bonds. The maximum atomic E-state index is 10.1. The van der Waals surface area contributed by atoms with Gasteiger partial charge in [-0.15, -0.1) is 0 Å². The van der Waals surface area contributed by atoms with E-state index in [1.165, 1.54) is 5.56 Å². The molecule has 2 unspecified atom stereocenters. The first-order valence-electron chi connectivity index (χ1n) is 6.82. The van der Waals surface area contributed by atoms with Crippen LogP contribution in [0.15, 0.2) is 48.7 Å². The van der Waals surface area contributed by atoms with Crippen molar-refractivity contribution in [2.45, 2.75) is 25.5 Å². The van der Waals surface area contributed by atoms with E-state index in [2.05, 4.69) is 29.4 Å². The predicted octanol–water partition coefficient (Wildman–Crippen LogP) is 1.92. The second-order valence-electron chi connectivity index (χ2n) is 5.03. The number of nitrogen functional groups attached to an aromatic ring is 1. The summed E-state index contributed by atoms with van der Waals surface area (Å²) in [7, 11) is 0. The fourth-order valence-electron chi connectivity index (χ4n) is 2.08. The molecule has 0 fully saturated rings. The quantitative estimate of drug-likeness (QED) is 0.750. The van der Waals surface area contributed by atoms with Crippen LogP contribution in [-0.2, 0) is 6.42 Å². The molecule has 0 saturated heterocycles. The summed E-state index contributed by atoms with van der Waals surface area (Å²) in [6, 6.07) is 14.1. The highest BCUT2D eigenvalue weighted by Crippen LogP contribution is 2.12. The number of hydrogen-bond acceptors (Lipinski definition) is 4. The van der Waals surface area contributed by atoms with E-state index in [4.69, 9.17) is 5.73 Å². The van der Waals surface area contributed by atoms with E-state index in [0.29, 0.717) is 18.4 Å². The van der Waals surface area contributed by atoms with Crippen molar-refractivity contribution in [1.29, 1.82) is 0 Å². The highest BCUT2D eigenvalue weighted by molar-refractivity contribution is 5.30. The van der Waals surface area contributed by atoms with Crippen LogP contribution >= 0.6 is 0 Å². The molecule has 4 N–H and O–H groups in total. The van der Waals surface area contributed by atoms with Crippen LogP contribution in [0.2, 0.25) is 0 Å². The van der Waals surface area contributed by atoms with Gasteiger partial charge >= 0.3 is 0 Å². The number of benzene rings is 1. The van der Waals surface area contributed by atoms with Crippen LogP contribution in [0.5, 0.6) is 0 Å². The molecular formula is C16H21N3O. The Hall–Kier alpha value is -1.91. The van der Waals surface area contributed by atoms with Gasteiger partial charge in [0.25, 0.3) is 0 Å². The standard InChI is InChI=1S/C16H21N3O/c1-12(9-13-5-3-2-4-6-13)18-11-15(20)14-7-8-16(17)19-10-14/h2-8,10,12,15,18,20H,9,11H2,1H3,(H2,17,19). The molecule has 0 aliphatic carbocycles. The Labute approximate surface area is 119 Å². The number of anilines is 1. The molecule has 4 heteroatoms. The zero-order valence-corrected chi connectivity index (χ0v) is 11.7. The molecule has 0 radical (unpaired) electrons. The van der Waals surface area contributed by atoms with E-state index in [1.807, 2.05) is 18.2 Å². The highest BCUT2D eigenvalue weighted by atomic mass is 16.3. The molecule has 0 spiro atoms. The lowest BCUT2D eigenvalue weighted by molar-refractivity contribution is 0.170. The van der Waals surface area contributed by atoms with E-state index in [-0.39, 0.29) is 0 Å². The lowest BCUT2D eigenvalue weighted by Crippen LogP contribution is -2.32. The summed E-state index contributed by atoms with van der Waals surface area (Å²) in [5, 5.41) is 13.4. The van der Waals surface area contributed by atoms with Gasteiger partial charge in [-0.05, 0) is 25.0 Å². The SMILES string of the molecule is CC(Cc1ccccc1)NCC(O)c1ccc(N)nc1. The molecule has 4 nitrogen and oxygen atoms in total. The maximum Gasteiger partial charge on any atom is 0.123 e. The molecular weight excluding hydrogens is 250 g/mol. The summed E-state index contributed by atoms with van der Waals surface area (Å²) in [4.78, 5) is 3.99. The van der Waals surface area contributed by atoms with Crippen LogP contribution in [-0.4, -0.2) is 22.7 Å². The van der Waals surface area contributed by atoms with Crippen molar-refractivity contribution >= 4 is 5.82 Å². The molecule has 2 atom stereocenters. The fourth-order valence-corrected chi connectivity index (χ4v) is 2.08. The van der Waals surface area contributed by atoms with Crippen molar-refractivity contribution in [3.8, 4) is 0 Å². The Balaban J connectivity index is 1.81. The molecule has 0 aliphatic heterocycles. The van der Waals surface area contributed by atoms with Crippen LogP contribution in [0.3, 0.4) is 0 Å². The topological polar surface area (TPSA) is 71.2 Å². The number of aliphatic hydroxyl groups is 1. The average molecular weight is 271 g/mol. The number of nitrogens with zero attached hydrogens (tertiary/aromatic N) is 1. The minimum absolute atomic E-state index is 0.300. The van der Waals surface area contributed by atoms with Gasteiger partial charge in [0.2, 0.25) is 0 Å². The maximum absolute atomic E-state index is 10.1. The van der Waals surface area contributed by atoms with Crippen LogP contribution in [0.25, 0.3) is 0 Å². The number of pyridine rings is 1. The van der Waals surface area contributed by atoms with E-state index < -0.39 is 6.10 Å². The minimum Gasteiger partial charge on any atom is -0.387 e. The van der Waals surface area contributed by atoms with Crippen molar-refractivity contribution in [3.63, 3.8) is 0 Å². The Morgan fingerprint density at radius 2 is 1.95 bits per heavy atom. The summed E-state index contributed by atoms with van der Waals surface area (Å²) in [6.07, 6.45) is 1.98. The Morgan fingerprint density at radius 3 is 2.60 bits per heavy atom. The first-order valence-corrected chi connectivity index (χ1v) is 6.82. The Kier molecular flexibility index (Phi) is 5.09. The predicted molar refractivity (Wildman–Crippen MR) is 81.2 cm³/mol. The summed E-state index contributed by atoms with van der Waals surface area (Å²) < 4.78 is 0. The fraction of sp³-hybridized carbons (Fsp3) is 0.312. The van der Waals surface area contributed by atoms with Crippen molar-refractivity contribution < 1.29 is 5.11 Å². The second kappa shape index (κ2) is 7.03. The number of hydrogen-bond donors (Lipinski definition) is 3. The molecule has 0 aliphatic rings. The molecule has 2 aromatic rings. The number of nitrogens with two attached hydrogens (primary N) is 1. The van der Waals surface area contributed by atoms with Crippen LogP contribution in [0.1, 0.15) is 24.2 Å². The van der Waals surface area contributed by atoms with Crippen molar-refractivity contribution in [2.24, 2.45) is 0 Å². The molecule has 0 bridgehead atoms. The van der Waals surface area contributed by atoms with Gasteiger partial charge in [-0.3, -0.25) is 0 Å². The first-order chi connectivity index (χ1) is 9.65. The normalized spacial score (nSPS) is 13.9. The summed E-state index contributed by atoms with van der Waals surface area (Å²) in [6.45, 7) is 2.61. The lowest BCUT2D eigenvalue weighted by atomic mass is 10.1. The molecule has 2 rings (SSSR count). The minimum atomic E-state index is -0.568. The molecule has 20 heavy (non-hydrogen) atoms. The summed E-state index contributed by atoms with van der Waals surface area (Å²) >= 11 is 0. The van der Waals surface area contributed by atoms with Gasteiger partial charge in [-0.25, -0.2) is 4.98 Å². The molecule has 1 aromatic heterocycles. The third kappa shape index (κ3) is 4.33. The van der Waals surface area contributed by atoms with Gasteiger partial charge in [0.15, 0.2) is 0 Å². The zero-order valence-electron chi connectivity index (χ0n) is 11.7. The summed E-state index contributed by atoms with van der Waals surface area (Å²) in [5.74, 6) is 0.464. The third-order valence-electron chi connectivity index (χ3n) is 3.24. The number of nitrogens with one attached hydrogen (secondary N) is 1. The number of aromatic nitrogens is 1. The van der Waals surface area contributed by atoms with Gasteiger partial charge < -0.3 is 16.2 Å². The smallest absolute Gasteiger partial charge is 0.123 e. The third-order valence-corrected chi connectivity index (χ3v) is 3.24. The largest absolute Gasteiger partial charge is 0.387 e. The van der Waals surface area contributed by atoms with Gasteiger partial charge in [0.05, 0.1) is 6.10 Å². The molecule has 0 saturated carbocycles. The molecule has 1 aromatic carbocycles. The van der Waals surface area contributed by atoms with E-state index >= 15 is 0 Å². The van der Waals surface area contributed by atoms with Crippen LogP contribution in [0.4, 0.5) is 5.82 Å². The van der Waals surface area contributed by atoms with E-state index in [9.17, 15) is 5.11 Å². The Morgan fingerprint density at radius 1 is 1.20 bits per heavy atom. The highest BCUT2D eigenvalue weighted by Gasteiger charge is 2.10. The van der Waals surface area contributed by atoms with Crippen LogP contribution < -0.4 is 11.1 Å². The molecule has 106 valence electrons. The average Bonchev–Trinajstić information content (AvgIpc) is 2.46. The van der Waals surface area contributed by atoms with Gasteiger partial charge in [-0.2, -0.15) is 0 Å². The van der Waals surface area contributed by atoms with E-state index in [0.717, 1.165) is 12.0 Å². The Bertz CT molecular complexity index is 513. The number of rotatable bonds is 6. The first kappa shape index (κ1) is 14.5. The monoisotopic (exact) mass is 271 g/mol. The molecule has 1 heterocycles.